The second-order valence-electron chi connectivity index (χ2n) is 1.26. The van der Waals surface area contributed by atoms with E-state index in [1.807, 2.05) is 0 Å². The van der Waals surface area contributed by atoms with Gasteiger partial charge in [-0.1, -0.05) is 0 Å². The second-order valence-corrected chi connectivity index (χ2v) is 2.90. The summed E-state index contributed by atoms with van der Waals surface area (Å²) < 4.78 is 68.2. The van der Waals surface area contributed by atoms with Crippen molar-refractivity contribution in [1.82, 2.24) is 0 Å². The van der Waals surface area contributed by atoms with Gasteiger partial charge in [-0.25, -0.2) is 0 Å². The Morgan fingerprint density at radius 1 is 0.733 bits per heavy atom. The van der Waals surface area contributed by atoms with Crippen molar-refractivity contribution in [3.63, 3.8) is 0 Å². The van der Waals surface area contributed by atoms with E-state index < -0.39 is 20.8 Å². The van der Waals surface area contributed by atoms with Crippen molar-refractivity contribution in [3.05, 3.63) is 0 Å². The van der Waals surface area contributed by atoms with Gasteiger partial charge in [0, 0.05) is 20.8 Å². The minimum atomic E-state index is -5.17. The molecule has 0 aromatic rings. The summed E-state index contributed by atoms with van der Waals surface area (Å²) in [6, 6.07) is 0. The molecule has 0 bridgehead atoms. The van der Waals surface area contributed by atoms with Crippen LogP contribution in [-0.2, 0) is 47.0 Å². The molecular formula is C2H6O10S2Zr. The van der Waals surface area contributed by atoms with Crippen LogP contribution in [0.25, 0.3) is 0 Å². The van der Waals surface area contributed by atoms with Crippen molar-refractivity contribution in [3.8, 4) is 0 Å². The second kappa shape index (κ2) is 12.6. The van der Waals surface area contributed by atoms with Crippen LogP contribution in [0.3, 0.4) is 0 Å². The predicted octanol–water partition coefficient (Wildman–Crippen LogP) is -3.71. The average Bonchev–Trinajstić information content (AvgIpc) is 1.79. The molecule has 0 aliphatic carbocycles. The van der Waals surface area contributed by atoms with Crippen LogP contribution < -0.4 is 0 Å². The van der Waals surface area contributed by atoms with Gasteiger partial charge in [-0.3, -0.25) is 16.8 Å². The van der Waals surface area contributed by atoms with E-state index in [9.17, 15) is 0 Å². The van der Waals surface area contributed by atoms with E-state index >= 15 is 0 Å². The molecule has 2 N–H and O–H groups in total. The van der Waals surface area contributed by atoms with Gasteiger partial charge in [0.1, 0.15) is 0 Å². The Hall–Kier alpha value is 0.543. The summed E-state index contributed by atoms with van der Waals surface area (Å²) >= 11 is 0. The van der Waals surface area contributed by atoms with Crippen LogP contribution in [0.2, 0.25) is 0 Å². The smallest absolute Gasteiger partial charge is 0.759 e. The molecule has 0 aliphatic heterocycles. The van der Waals surface area contributed by atoms with Crippen LogP contribution >= 0.6 is 0 Å². The van der Waals surface area contributed by atoms with Crippen molar-refractivity contribution in [2.45, 2.75) is 0 Å². The maximum absolute atomic E-state index is 8.52. The average molecular weight is 345 g/mol. The summed E-state index contributed by atoms with van der Waals surface area (Å²) in [6.45, 7) is -0.250. The maximum atomic E-state index is 8.52. The van der Waals surface area contributed by atoms with Gasteiger partial charge >= 0.3 is 26.2 Å². The molecule has 13 heteroatoms. The van der Waals surface area contributed by atoms with Crippen LogP contribution in [0.1, 0.15) is 0 Å². The first-order chi connectivity index (χ1) is 5.91. The van der Waals surface area contributed by atoms with Crippen LogP contribution in [0.15, 0.2) is 0 Å². The Kier molecular flexibility index (Phi) is 20.7. The van der Waals surface area contributed by atoms with Gasteiger partial charge in [-0.05, 0) is 0 Å². The Morgan fingerprint density at radius 2 is 0.800 bits per heavy atom. The quantitative estimate of drug-likeness (QED) is 0.351. The normalized spacial score (nSPS) is 9.73. The zero-order chi connectivity index (χ0) is 12.4. The zero-order valence-corrected chi connectivity index (χ0v) is 11.0. The molecule has 0 radical (unpaired) electrons. The predicted molar refractivity (Wildman–Crippen MR) is 35.1 cm³/mol. The first kappa shape index (κ1) is 24.7. The van der Waals surface area contributed by atoms with Crippen LogP contribution in [-0.4, -0.2) is 58.5 Å². The van der Waals surface area contributed by atoms with Crippen molar-refractivity contribution in [2.75, 3.05) is 13.2 Å². The molecule has 0 saturated carbocycles. The van der Waals surface area contributed by atoms with Crippen molar-refractivity contribution in [1.29, 1.82) is 0 Å². The Balaban J connectivity index is -0.0000000590. The minimum absolute atomic E-state index is 0. The SMILES string of the molecule is O=S(=O)([O-])[O-].O=S(=O)([O-])[O-].OCCO.[Zr+4]. The Labute approximate surface area is 105 Å². The Morgan fingerprint density at radius 3 is 0.800 bits per heavy atom. The molecule has 0 heterocycles. The fourth-order valence-corrected chi connectivity index (χ4v) is 0. The van der Waals surface area contributed by atoms with E-state index in [-0.39, 0.29) is 39.4 Å². The fraction of sp³-hybridized carbons (Fsp3) is 1.00. The van der Waals surface area contributed by atoms with E-state index in [1.54, 1.807) is 0 Å². The van der Waals surface area contributed by atoms with E-state index in [0.29, 0.717) is 0 Å². The minimum Gasteiger partial charge on any atom is -0.759 e. The summed E-state index contributed by atoms with van der Waals surface area (Å²) in [4.78, 5) is 0. The standard InChI is InChI=1S/C2H6O2.2H2O4S.Zr/c3-1-2-4;2*1-5(2,3)4;/h3-4H,1-2H2;2*(H2,1,2,3,4);/q;;;+4/p-4. The molecule has 0 saturated heterocycles. The number of hydrogen-bond donors (Lipinski definition) is 2. The molecule has 10 nitrogen and oxygen atoms in total. The molecule has 0 aromatic heterocycles. The number of hydrogen-bond acceptors (Lipinski definition) is 10. The van der Waals surface area contributed by atoms with E-state index in [1.165, 1.54) is 0 Å². The third-order valence-corrected chi connectivity index (χ3v) is 0.1000. The molecule has 15 heavy (non-hydrogen) atoms. The van der Waals surface area contributed by atoms with Crippen LogP contribution in [0.4, 0.5) is 0 Å². The molecule has 90 valence electrons. The first-order valence-electron chi connectivity index (χ1n) is 2.47. The van der Waals surface area contributed by atoms with Crippen LogP contribution in [0, 0.1) is 0 Å². The van der Waals surface area contributed by atoms with Gasteiger partial charge in [-0.15, -0.1) is 0 Å². The fourth-order valence-electron chi connectivity index (χ4n) is 0. The van der Waals surface area contributed by atoms with E-state index in [0.717, 1.165) is 0 Å². The summed E-state index contributed by atoms with van der Waals surface area (Å²) in [7, 11) is -10.3. The largest absolute Gasteiger partial charge is 4.00 e. The summed E-state index contributed by atoms with van der Waals surface area (Å²) in [6.07, 6.45) is 0. The molecule has 0 fully saturated rings. The topological polar surface area (TPSA) is 201 Å². The molecule has 0 amide bonds. The van der Waals surface area contributed by atoms with Gasteiger partial charge in [0.15, 0.2) is 0 Å². The zero-order valence-electron chi connectivity index (χ0n) is 6.89. The molecule has 0 rings (SSSR count). The molecule has 0 unspecified atom stereocenters. The number of rotatable bonds is 1. The summed E-state index contributed by atoms with van der Waals surface area (Å²) in [5.41, 5.74) is 0. The third-order valence-electron chi connectivity index (χ3n) is 0.1000. The van der Waals surface area contributed by atoms with Gasteiger partial charge in [-0.2, -0.15) is 0 Å². The van der Waals surface area contributed by atoms with Gasteiger partial charge in [0.05, 0.1) is 13.2 Å². The molecule has 0 atom stereocenters. The summed E-state index contributed by atoms with van der Waals surface area (Å²) in [5, 5.41) is 15.2. The molecule has 0 spiro atoms. The Bertz CT molecular complexity index is 241. The van der Waals surface area contributed by atoms with E-state index in [2.05, 4.69) is 0 Å². The van der Waals surface area contributed by atoms with Gasteiger partial charge in [0.2, 0.25) is 0 Å². The molecule has 0 aromatic carbocycles. The van der Waals surface area contributed by atoms with Crippen molar-refractivity contribution < 1.29 is 71.5 Å². The molecular weight excluding hydrogens is 339 g/mol. The monoisotopic (exact) mass is 344 g/mol. The summed E-state index contributed by atoms with van der Waals surface area (Å²) in [5.74, 6) is 0. The first-order valence-corrected chi connectivity index (χ1v) is 5.13. The van der Waals surface area contributed by atoms with Gasteiger partial charge < -0.3 is 28.4 Å². The van der Waals surface area contributed by atoms with Crippen molar-refractivity contribution >= 4 is 20.8 Å². The van der Waals surface area contributed by atoms with E-state index in [4.69, 9.17) is 45.3 Å². The van der Waals surface area contributed by atoms with Crippen LogP contribution in [0.5, 0.6) is 0 Å². The van der Waals surface area contributed by atoms with Gasteiger partial charge in [0.25, 0.3) is 0 Å². The maximum Gasteiger partial charge on any atom is 4.00 e. The van der Waals surface area contributed by atoms with Crippen molar-refractivity contribution in [2.24, 2.45) is 0 Å². The number of aliphatic hydroxyl groups excluding tert-OH is 2. The third kappa shape index (κ3) is 961. The molecule has 0 aliphatic rings. The number of aliphatic hydroxyl groups is 2.